The van der Waals surface area contributed by atoms with Gasteiger partial charge in [0.25, 0.3) is 0 Å². The molecule has 0 aliphatic rings. The zero-order valence-electron chi connectivity index (χ0n) is 4.07. The number of hydrogen-bond acceptors (Lipinski definition) is 1. The summed E-state index contributed by atoms with van der Waals surface area (Å²) in [5, 5.41) is 7.10. The van der Waals surface area contributed by atoms with Gasteiger partial charge in [-0.2, -0.15) is 0 Å². The average molecular weight is 259 g/mol. The van der Waals surface area contributed by atoms with Crippen LogP contribution in [0.4, 0.5) is 0 Å². The smallest absolute Gasteiger partial charge is 0.165 e. The summed E-state index contributed by atoms with van der Waals surface area (Å²) < 4.78 is 0. The Morgan fingerprint density at radius 1 is 1.50 bits per heavy atom. The molecule has 50 valence electrons. The first kappa shape index (κ1) is 12.2. The standard InChI is InChI=1S/C3H5Cl3O.Mo/c1-3(6,7)2(4)5;/h2,7H,1H3;. The number of aliphatic hydroxyl groups is 1. The third kappa shape index (κ3) is 5.65. The summed E-state index contributed by atoms with van der Waals surface area (Å²) in [5.74, 6) is 0. The molecule has 0 aromatic rings. The molecule has 1 nitrogen and oxygen atoms in total. The molecule has 1 unspecified atom stereocenters. The Bertz CT molecular complexity index is 60.0. The first-order chi connectivity index (χ1) is 2.94. The normalized spacial score (nSPS) is 17.2. The van der Waals surface area contributed by atoms with E-state index in [0.29, 0.717) is 0 Å². The van der Waals surface area contributed by atoms with Gasteiger partial charge in [-0.3, -0.25) is 0 Å². The molecule has 0 radical (unpaired) electrons. The van der Waals surface area contributed by atoms with E-state index in [2.05, 4.69) is 0 Å². The van der Waals surface area contributed by atoms with E-state index in [1.165, 1.54) is 6.92 Å². The van der Waals surface area contributed by atoms with Crippen LogP contribution in [0.15, 0.2) is 0 Å². The molecule has 0 aliphatic heterocycles. The quantitative estimate of drug-likeness (QED) is 0.562. The summed E-state index contributed by atoms with van der Waals surface area (Å²) >= 11 is 15.4. The van der Waals surface area contributed by atoms with E-state index in [4.69, 9.17) is 39.9 Å². The zero-order chi connectivity index (χ0) is 6.08. The second-order valence-corrected chi connectivity index (χ2v) is 3.19. The van der Waals surface area contributed by atoms with Gasteiger partial charge in [-0.05, 0) is 6.92 Å². The molecule has 0 bridgehead atoms. The maximum Gasteiger partial charge on any atom is 0.165 e. The summed E-state index contributed by atoms with van der Waals surface area (Å²) in [5.41, 5.74) is 0. The molecular formula is C3H5Cl3MoO. The van der Waals surface area contributed by atoms with Crippen molar-refractivity contribution in [3.63, 3.8) is 0 Å². The topological polar surface area (TPSA) is 20.2 Å². The molecule has 0 aromatic heterocycles. The monoisotopic (exact) mass is 260 g/mol. The fourth-order valence-corrected chi connectivity index (χ4v) is 0. The molecule has 0 rings (SSSR count). The molecule has 0 aromatic carbocycles. The molecule has 0 fully saturated rings. The van der Waals surface area contributed by atoms with Gasteiger partial charge in [0.1, 0.15) is 4.84 Å². The SMILES string of the molecule is CC(O)(Cl)C(Cl)Cl.[Mo]. The molecule has 0 saturated carbocycles. The number of hydrogen-bond donors (Lipinski definition) is 1. The predicted octanol–water partition coefficient (Wildman–Crippen LogP) is 1.73. The van der Waals surface area contributed by atoms with Crippen LogP contribution in [0.25, 0.3) is 0 Å². The zero-order valence-corrected chi connectivity index (χ0v) is 8.34. The van der Waals surface area contributed by atoms with E-state index in [1.807, 2.05) is 0 Å². The first-order valence-corrected chi connectivity index (χ1v) is 2.89. The van der Waals surface area contributed by atoms with Crippen molar-refractivity contribution in [2.75, 3.05) is 0 Å². The van der Waals surface area contributed by atoms with Gasteiger partial charge in [0, 0.05) is 21.1 Å². The van der Waals surface area contributed by atoms with Gasteiger partial charge in [-0.25, -0.2) is 0 Å². The van der Waals surface area contributed by atoms with Crippen molar-refractivity contribution in [1.29, 1.82) is 0 Å². The second-order valence-electron chi connectivity index (χ2n) is 1.32. The minimum absolute atomic E-state index is 0. The summed E-state index contributed by atoms with van der Waals surface area (Å²) in [6.45, 7) is 1.32. The van der Waals surface area contributed by atoms with Crippen LogP contribution in [0.3, 0.4) is 0 Å². The van der Waals surface area contributed by atoms with Crippen LogP contribution in [0.1, 0.15) is 6.92 Å². The molecule has 5 heteroatoms. The summed E-state index contributed by atoms with van der Waals surface area (Å²) in [4.78, 5) is -0.936. The molecule has 1 atom stereocenters. The Morgan fingerprint density at radius 2 is 1.62 bits per heavy atom. The number of alkyl halides is 3. The fraction of sp³-hybridized carbons (Fsp3) is 1.00. The Balaban J connectivity index is 0. The molecule has 0 heterocycles. The van der Waals surface area contributed by atoms with E-state index < -0.39 is 9.90 Å². The molecule has 0 spiro atoms. The van der Waals surface area contributed by atoms with Gasteiger partial charge in [-0.1, -0.05) is 11.6 Å². The maximum absolute atomic E-state index is 8.60. The Kier molecular flexibility index (Phi) is 6.65. The molecule has 1 N–H and O–H groups in total. The van der Waals surface area contributed by atoms with Crippen molar-refractivity contribution < 1.29 is 26.2 Å². The fourth-order valence-electron chi connectivity index (χ4n) is 0. The molecular weight excluding hydrogens is 254 g/mol. The van der Waals surface area contributed by atoms with E-state index in [1.54, 1.807) is 0 Å². The van der Waals surface area contributed by atoms with Gasteiger partial charge < -0.3 is 5.11 Å². The van der Waals surface area contributed by atoms with E-state index in [9.17, 15) is 0 Å². The van der Waals surface area contributed by atoms with Crippen LogP contribution in [-0.2, 0) is 21.1 Å². The van der Waals surface area contributed by atoms with Crippen molar-refractivity contribution >= 4 is 34.8 Å². The van der Waals surface area contributed by atoms with Crippen LogP contribution in [0.5, 0.6) is 0 Å². The van der Waals surface area contributed by atoms with Crippen LogP contribution < -0.4 is 0 Å². The summed E-state index contributed by atoms with van der Waals surface area (Å²) in [7, 11) is 0. The largest absolute Gasteiger partial charge is 0.372 e. The number of halogens is 3. The van der Waals surface area contributed by atoms with Crippen LogP contribution in [0.2, 0.25) is 0 Å². The van der Waals surface area contributed by atoms with Gasteiger partial charge in [0.15, 0.2) is 5.06 Å². The maximum atomic E-state index is 8.60. The third-order valence-corrected chi connectivity index (χ3v) is 1.69. The van der Waals surface area contributed by atoms with Crippen molar-refractivity contribution in [3.05, 3.63) is 0 Å². The van der Waals surface area contributed by atoms with Crippen molar-refractivity contribution in [2.24, 2.45) is 0 Å². The third-order valence-electron chi connectivity index (χ3n) is 0.398. The van der Waals surface area contributed by atoms with E-state index in [0.717, 1.165) is 0 Å². The van der Waals surface area contributed by atoms with E-state index >= 15 is 0 Å². The minimum Gasteiger partial charge on any atom is -0.372 e. The van der Waals surface area contributed by atoms with Gasteiger partial charge in [0.05, 0.1) is 0 Å². The van der Waals surface area contributed by atoms with Crippen molar-refractivity contribution in [3.8, 4) is 0 Å². The Hall–Kier alpha value is 1.52. The minimum atomic E-state index is -1.50. The Morgan fingerprint density at radius 3 is 1.62 bits per heavy atom. The van der Waals surface area contributed by atoms with Crippen LogP contribution >= 0.6 is 34.8 Å². The summed E-state index contributed by atoms with van der Waals surface area (Å²) in [6, 6.07) is 0. The molecule has 8 heavy (non-hydrogen) atoms. The number of rotatable bonds is 1. The van der Waals surface area contributed by atoms with Gasteiger partial charge in [-0.15, -0.1) is 23.2 Å². The molecule has 0 saturated heterocycles. The molecule has 0 amide bonds. The van der Waals surface area contributed by atoms with Crippen LogP contribution in [-0.4, -0.2) is 15.0 Å². The second kappa shape index (κ2) is 4.35. The van der Waals surface area contributed by atoms with E-state index in [-0.39, 0.29) is 21.1 Å². The van der Waals surface area contributed by atoms with Gasteiger partial charge in [0.2, 0.25) is 0 Å². The Labute approximate surface area is 77.6 Å². The van der Waals surface area contributed by atoms with Crippen LogP contribution in [0, 0.1) is 0 Å². The first-order valence-electron chi connectivity index (χ1n) is 1.64. The van der Waals surface area contributed by atoms with Gasteiger partial charge >= 0.3 is 0 Å². The van der Waals surface area contributed by atoms with Crippen molar-refractivity contribution in [1.82, 2.24) is 0 Å². The van der Waals surface area contributed by atoms with Crippen molar-refractivity contribution in [2.45, 2.75) is 16.8 Å². The predicted molar refractivity (Wildman–Crippen MR) is 32.0 cm³/mol. The molecule has 0 aliphatic carbocycles. The average Bonchev–Trinajstić information content (AvgIpc) is 1.31. The summed E-state index contributed by atoms with van der Waals surface area (Å²) in [6.07, 6.45) is 0.